The second kappa shape index (κ2) is 5.76. The summed E-state index contributed by atoms with van der Waals surface area (Å²) in [6.45, 7) is 1.86. The Morgan fingerprint density at radius 1 is 1.32 bits per heavy atom. The van der Waals surface area contributed by atoms with E-state index in [1.165, 1.54) is 18.2 Å². The van der Waals surface area contributed by atoms with E-state index in [4.69, 9.17) is 11.6 Å². The molecular weight excluding hydrogens is 265 g/mol. The fourth-order valence-electron chi connectivity index (χ4n) is 1.62. The van der Waals surface area contributed by atoms with Crippen molar-refractivity contribution in [3.8, 4) is 0 Å². The molecule has 0 aliphatic heterocycles. The fourth-order valence-corrected chi connectivity index (χ4v) is 1.78. The molecule has 0 amide bonds. The zero-order chi connectivity index (χ0) is 13.8. The highest BCUT2D eigenvalue weighted by Crippen LogP contribution is 2.16. The highest BCUT2D eigenvalue weighted by Gasteiger charge is 2.08. The van der Waals surface area contributed by atoms with Crippen molar-refractivity contribution in [2.45, 2.75) is 6.92 Å². The van der Waals surface area contributed by atoms with Crippen LogP contribution < -0.4 is 0 Å². The van der Waals surface area contributed by atoms with Crippen LogP contribution in [-0.4, -0.2) is 10.8 Å². The number of halogens is 2. The number of hydrogen-bond acceptors (Lipinski definition) is 2. The maximum Gasteiger partial charge on any atom is 0.188 e. The van der Waals surface area contributed by atoms with Crippen molar-refractivity contribution < 1.29 is 9.18 Å². The smallest absolute Gasteiger partial charge is 0.188 e. The average molecular weight is 276 g/mol. The molecule has 0 aliphatic rings. The van der Waals surface area contributed by atoms with Gasteiger partial charge in [0.2, 0.25) is 0 Å². The first-order valence-electron chi connectivity index (χ1n) is 5.66. The van der Waals surface area contributed by atoms with Crippen LogP contribution in [-0.2, 0) is 0 Å². The lowest BCUT2D eigenvalue weighted by Crippen LogP contribution is -1.98. The van der Waals surface area contributed by atoms with Crippen LogP contribution >= 0.6 is 11.6 Å². The third-order valence-electron chi connectivity index (χ3n) is 2.54. The number of nitrogens with zero attached hydrogens (tertiary/aromatic N) is 1. The molecular formula is C15H11ClFNO. The first kappa shape index (κ1) is 13.4. The Kier molecular flexibility index (Phi) is 4.07. The molecule has 0 unspecified atom stereocenters. The van der Waals surface area contributed by atoms with Crippen LogP contribution in [0.3, 0.4) is 0 Å². The molecule has 0 saturated heterocycles. The van der Waals surface area contributed by atoms with E-state index in [1.54, 1.807) is 18.3 Å². The van der Waals surface area contributed by atoms with Crippen LogP contribution in [0.2, 0.25) is 5.02 Å². The minimum Gasteiger partial charge on any atom is -0.289 e. The molecule has 0 atom stereocenters. The standard InChI is InChI=1S/C15H11ClFNO/c1-10-8-11(6-7-18-10)2-5-15(19)13-4-3-12(16)9-14(13)17/h2-9H,1H3. The molecule has 0 radical (unpaired) electrons. The maximum atomic E-state index is 13.5. The van der Waals surface area contributed by atoms with Gasteiger partial charge in [-0.15, -0.1) is 0 Å². The van der Waals surface area contributed by atoms with E-state index in [2.05, 4.69) is 4.98 Å². The first-order valence-corrected chi connectivity index (χ1v) is 6.04. The van der Waals surface area contributed by atoms with Crippen molar-refractivity contribution in [1.82, 2.24) is 4.98 Å². The van der Waals surface area contributed by atoms with Gasteiger partial charge in [-0.05, 0) is 48.9 Å². The molecule has 0 fully saturated rings. The van der Waals surface area contributed by atoms with Gasteiger partial charge < -0.3 is 0 Å². The normalized spacial score (nSPS) is 10.9. The molecule has 1 aromatic heterocycles. The zero-order valence-corrected chi connectivity index (χ0v) is 11.0. The zero-order valence-electron chi connectivity index (χ0n) is 10.2. The molecule has 1 heterocycles. The number of carbonyl (C=O) groups excluding carboxylic acids is 1. The van der Waals surface area contributed by atoms with Crippen molar-refractivity contribution in [1.29, 1.82) is 0 Å². The van der Waals surface area contributed by atoms with E-state index >= 15 is 0 Å². The largest absolute Gasteiger partial charge is 0.289 e. The number of aromatic nitrogens is 1. The minimum absolute atomic E-state index is 0.00595. The molecule has 0 saturated carbocycles. The summed E-state index contributed by atoms with van der Waals surface area (Å²) in [5.41, 5.74) is 1.70. The van der Waals surface area contributed by atoms with Gasteiger partial charge in [0.25, 0.3) is 0 Å². The van der Waals surface area contributed by atoms with Crippen LogP contribution in [0.15, 0.2) is 42.6 Å². The first-order chi connectivity index (χ1) is 9.06. The summed E-state index contributed by atoms with van der Waals surface area (Å²) in [5.74, 6) is -1.02. The number of carbonyl (C=O) groups is 1. The van der Waals surface area contributed by atoms with Crippen molar-refractivity contribution in [2.24, 2.45) is 0 Å². The average Bonchev–Trinajstić information content (AvgIpc) is 2.36. The van der Waals surface area contributed by atoms with Gasteiger partial charge in [0, 0.05) is 16.9 Å². The number of aryl methyl sites for hydroxylation is 1. The second-order valence-corrected chi connectivity index (χ2v) is 4.49. The number of rotatable bonds is 3. The number of pyridine rings is 1. The van der Waals surface area contributed by atoms with E-state index < -0.39 is 11.6 Å². The number of allylic oxidation sites excluding steroid dienone is 1. The summed E-state index contributed by atoms with van der Waals surface area (Å²) in [4.78, 5) is 15.9. The second-order valence-electron chi connectivity index (χ2n) is 4.05. The van der Waals surface area contributed by atoms with Crippen molar-refractivity contribution in [2.75, 3.05) is 0 Å². The van der Waals surface area contributed by atoms with Crippen molar-refractivity contribution >= 4 is 23.5 Å². The van der Waals surface area contributed by atoms with Gasteiger partial charge in [-0.1, -0.05) is 17.7 Å². The molecule has 96 valence electrons. The van der Waals surface area contributed by atoms with E-state index in [0.29, 0.717) is 0 Å². The molecule has 2 aromatic rings. The Hall–Kier alpha value is -2.00. The van der Waals surface area contributed by atoms with Gasteiger partial charge in [0.15, 0.2) is 5.78 Å². The van der Waals surface area contributed by atoms with Gasteiger partial charge in [-0.3, -0.25) is 9.78 Å². The third kappa shape index (κ3) is 3.48. The predicted molar refractivity (Wildman–Crippen MR) is 73.7 cm³/mol. The molecule has 19 heavy (non-hydrogen) atoms. The van der Waals surface area contributed by atoms with E-state index in [9.17, 15) is 9.18 Å². The van der Waals surface area contributed by atoms with Crippen LogP contribution in [0.5, 0.6) is 0 Å². The molecule has 0 N–H and O–H groups in total. The Bertz CT molecular complexity index is 652. The molecule has 4 heteroatoms. The summed E-state index contributed by atoms with van der Waals surface area (Å²) in [7, 11) is 0. The minimum atomic E-state index is -0.618. The third-order valence-corrected chi connectivity index (χ3v) is 2.78. The maximum absolute atomic E-state index is 13.5. The van der Waals surface area contributed by atoms with Crippen LogP contribution in [0, 0.1) is 12.7 Å². The van der Waals surface area contributed by atoms with Gasteiger partial charge >= 0.3 is 0 Å². The lowest BCUT2D eigenvalue weighted by atomic mass is 10.1. The number of hydrogen-bond donors (Lipinski definition) is 0. The molecule has 0 aliphatic carbocycles. The molecule has 0 bridgehead atoms. The Morgan fingerprint density at radius 3 is 2.79 bits per heavy atom. The lowest BCUT2D eigenvalue weighted by molar-refractivity contribution is 0.104. The van der Waals surface area contributed by atoms with Gasteiger partial charge in [0.1, 0.15) is 5.82 Å². The molecule has 1 aromatic carbocycles. The monoisotopic (exact) mass is 275 g/mol. The molecule has 2 rings (SSSR count). The summed E-state index contributed by atoms with van der Waals surface area (Å²) < 4.78 is 13.5. The Labute approximate surface area is 115 Å². The number of ketones is 1. The molecule has 2 nitrogen and oxygen atoms in total. The topological polar surface area (TPSA) is 30.0 Å². The quantitative estimate of drug-likeness (QED) is 0.624. The van der Waals surface area contributed by atoms with Gasteiger partial charge in [0.05, 0.1) is 5.56 Å². The summed E-state index contributed by atoms with van der Waals surface area (Å²) in [6.07, 6.45) is 4.62. The Morgan fingerprint density at radius 2 is 2.11 bits per heavy atom. The van der Waals surface area contributed by atoms with E-state index in [-0.39, 0.29) is 10.6 Å². The molecule has 0 spiro atoms. The van der Waals surface area contributed by atoms with E-state index in [0.717, 1.165) is 17.3 Å². The number of benzene rings is 1. The Balaban J connectivity index is 2.21. The summed E-state index contributed by atoms with van der Waals surface area (Å²) >= 11 is 5.64. The SMILES string of the molecule is Cc1cc(C=CC(=O)c2ccc(Cl)cc2F)ccn1. The van der Waals surface area contributed by atoms with Gasteiger partial charge in [-0.2, -0.15) is 0 Å². The predicted octanol–water partition coefficient (Wildman–Crippen LogP) is 4.08. The lowest BCUT2D eigenvalue weighted by Gasteiger charge is -1.99. The van der Waals surface area contributed by atoms with Crippen molar-refractivity contribution in [3.63, 3.8) is 0 Å². The van der Waals surface area contributed by atoms with Crippen molar-refractivity contribution in [3.05, 3.63) is 70.3 Å². The highest BCUT2D eigenvalue weighted by atomic mass is 35.5. The van der Waals surface area contributed by atoms with Crippen LogP contribution in [0.25, 0.3) is 6.08 Å². The van der Waals surface area contributed by atoms with Gasteiger partial charge in [-0.25, -0.2) is 4.39 Å². The van der Waals surface area contributed by atoms with Crippen LogP contribution in [0.4, 0.5) is 4.39 Å². The summed E-state index contributed by atoms with van der Waals surface area (Å²) in [6, 6.07) is 7.60. The highest BCUT2D eigenvalue weighted by molar-refractivity contribution is 6.30. The van der Waals surface area contributed by atoms with E-state index in [1.807, 2.05) is 13.0 Å². The fraction of sp³-hybridized carbons (Fsp3) is 0.0667. The summed E-state index contributed by atoms with van der Waals surface area (Å²) in [5, 5.41) is 0.266. The van der Waals surface area contributed by atoms with Crippen LogP contribution in [0.1, 0.15) is 21.6 Å².